The second kappa shape index (κ2) is 7.62. The standard InChI is InChI=1S/C21H17F3N6O/c1-29-8-14-4-2-12(6-16(14)9-29)18-11-30(28-25-18)10-15-5-3-13(7-17(15)22)20-26-27-21(31-20)19(23)24/h2-7,11,19H,8-10H2,1H3. The molecule has 0 saturated heterocycles. The van der Waals surface area contributed by atoms with E-state index in [2.05, 4.69) is 44.6 Å². The largest absolute Gasteiger partial charge is 0.415 e. The highest BCUT2D eigenvalue weighted by molar-refractivity contribution is 5.60. The molecule has 0 atom stereocenters. The number of hydrogen-bond acceptors (Lipinski definition) is 6. The summed E-state index contributed by atoms with van der Waals surface area (Å²) >= 11 is 0. The quantitative estimate of drug-likeness (QED) is 0.479. The number of benzene rings is 2. The molecule has 3 heterocycles. The van der Waals surface area contributed by atoms with Gasteiger partial charge >= 0.3 is 6.43 Å². The Morgan fingerprint density at radius 1 is 1.00 bits per heavy atom. The summed E-state index contributed by atoms with van der Waals surface area (Å²) in [6.07, 6.45) is -1.11. The molecule has 31 heavy (non-hydrogen) atoms. The second-order valence-electron chi connectivity index (χ2n) is 7.51. The molecule has 5 rings (SSSR count). The van der Waals surface area contributed by atoms with Crippen molar-refractivity contribution in [2.45, 2.75) is 26.1 Å². The third kappa shape index (κ3) is 3.81. The van der Waals surface area contributed by atoms with E-state index in [-0.39, 0.29) is 18.0 Å². The van der Waals surface area contributed by atoms with Crippen molar-refractivity contribution in [2.75, 3.05) is 7.05 Å². The van der Waals surface area contributed by atoms with Gasteiger partial charge in [-0.25, -0.2) is 9.07 Å². The summed E-state index contributed by atoms with van der Waals surface area (Å²) in [5.41, 5.74) is 4.84. The summed E-state index contributed by atoms with van der Waals surface area (Å²) < 4.78 is 46.2. The molecule has 0 N–H and O–H groups in total. The van der Waals surface area contributed by atoms with Crippen LogP contribution in [0, 0.1) is 5.82 Å². The van der Waals surface area contributed by atoms with Crippen LogP contribution in [0.1, 0.15) is 29.0 Å². The van der Waals surface area contributed by atoms with Gasteiger partial charge < -0.3 is 4.42 Å². The first-order valence-electron chi connectivity index (χ1n) is 9.57. The number of halogens is 3. The molecule has 2 aromatic heterocycles. The van der Waals surface area contributed by atoms with Crippen LogP contribution in [0.2, 0.25) is 0 Å². The van der Waals surface area contributed by atoms with E-state index in [1.54, 1.807) is 10.9 Å². The predicted molar refractivity (Wildman–Crippen MR) is 104 cm³/mol. The minimum Gasteiger partial charge on any atom is -0.415 e. The Bertz CT molecular complexity index is 1250. The highest BCUT2D eigenvalue weighted by atomic mass is 19.3. The molecule has 2 aromatic carbocycles. The zero-order chi connectivity index (χ0) is 21.5. The van der Waals surface area contributed by atoms with E-state index in [1.807, 2.05) is 6.07 Å². The lowest BCUT2D eigenvalue weighted by molar-refractivity contribution is 0.116. The molecule has 1 aliphatic rings. The Balaban J connectivity index is 1.34. The lowest BCUT2D eigenvalue weighted by Crippen LogP contribution is -2.07. The zero-order valence-corrected chi connectivity index (χ0v) is 16.5. The van der Waals surface area contributed by atoms with Crippen molar-refractivity contribution in [1.29, 1.82) is 0 Å². The SMILES string of the molecule is CN1Cc2ccc(-c3cn(Cc4ccc(-c5nnc(C(F)F)o5)cc4F)nn3)cc2C1. The van der Waals surface area contributed by atoms with Gasteiger partial charge in [-0.2, -0.15) is 8.78 Å². The molecule has 0 saturated carbocycles. The molecule has 0 bridgehead atoms. The van der Waals surface area contributed by atoms with Gasteiger partial charge in [-0.3, -0.25) is 4.90 Å². The van der Waals surface area contributed by atoms with E-state index in [1.165, 1.54) is 29.3 Å². The molecule has 7 nitrogen and oxygen atoms in total. The maximum Gasteiger partial charge on any atom is 0.314 e. The molecule has 0 unspecified atom stereocenters. The van der Waals surface area contributed by atoms with Gasteiger partial charge in [0.25, 0.3) is 5.89 Å². The highest BCUT2D eigenvalue weighted by Gasteiger charge is 2.19. The third-order valence-corrected chi connectivity index (χ3v) is 5.18. The smallest absolute Gasteiger partial charge is 0.314 e. The van der Waals surface area contributed by atoms with Crippen LogP contribution in [0.4, 0.5) is 13.2 Å². The van der Waals surface area contributed by atoms with E-state index >= 15 is 0 Å². The van der Waals surface area contributed by atoms with Crippen LogP contribution in [0.25, 0.3) is 22.7 Å². The van der Waals surface area contributed by atoms with Crippen molar-refractivity contribution >= 4 is 0 Å². The number of alkyl halides is 2. The number of hydrogen-bond donors (Lipinski definition) is 0. The molecule has 0 radical (unpaired) electrons. The van der Waals surface area contributed by atoms with Gasteiger partial charge in [0.2, 0.25) is 5.89 Å². The number of nitrogens with zero attached hydrogens (tertiary/aromatic N) is 6. The van der Waals surface area contributed by atoms with Gasteiger partial charge in [0.15, 0.2) is 0 Å². The van der Waals surface area contributed by atoms with Crippen molar-refractivity contribution in [3.05, 3.63) is 71.0 Å². The molecule has 1 aliphatic heterocycles. The van der Waals surface area contributed by atoms with Gasteiger partial charge in [0.1, 0.15) is 11.5 Å². The van der Waals surface area contributed by atoms with E-state index in [9.17, 15) is 13.2 Å². The highest BCUT2D eigenvalue weighted by Crippen LogP contribution is 2.27. The maximum absolute atomic E-state index is 14.6. The third-order valence-electron chi connectivity index (χ3n) is 5.18. The molecule has 4 aromatic rings. The van der Waals surface area contributed by atoms with Crippen molar-refractivity contribution in [3.8, 4) is 22.7 Å². The van der Waals surface area contributed by atoms with Crippen LogP contribution in [-0.4, -0.2) is 37.1 Å². The van der Waals surface area contributed by atoms with E-state index in [0.29, 0.717) is 11.3 Å². The molecule has 0 spiro atoms. The summed E-state index contributed by atoms with van der Waals surface area (Å²) in [5, 5.41) is 15.1. The molecule has 158 valence electrons. The first kappa shape index (κ1) is 19.4. The first-order valence-corrected chi connectivity index (χ1v) is 9.57. The predicted octanol–water partition coefficient (Wildman–Crippen LogP) is 4.07. The van der Waals surface area contributed by atoms with E-state index in [4.69, 9.17) is 4.42 Å². The Labute approximate surface area is 175 Å². The van der Waals surface area contributed by atoms with Crippen LogP contribution in [0.3, 0.4) is 0 Å². The lowest BCUT2D eigenvalue weighted by atomic mass is 10.0. The Morgan fingerprint density at radius 2 is 1.81 bits per heavy atom. The summed E-state index contributed by atoms with van der Waals surface area (Å²) in [6, 6.07) is 10.5. The van der Waals surface area contributed by atoms with Crippen LogP contribution in [0.15, 0.2) is 47.0 Å². The Kier molecular flexibility index (Phi) is 4.78. The van der Waals surface area contributed by atoms with E-state index in [0.717, 1.165) is 18.7 Å². The summed E-state index contributed by atoms with van der Waals surface area (Å²) in [4.78, 5) is 2.24. The van der Waals surface area contributed by atoms with Crippen molar-refractivity contribution in [2.24, 2.45) is 0 Å². The fourth-order valence-electron chi connectivity index (χ4n) is 3.65. The lowest BCUT2D eigenvalue weighted by Gasteiger charge is -2.04. The molecular weight excluding hydrogens is 409 g/mol. The fourth-order valence-corrected chi connectivity index (χ4v) is 3.65. The Hall–Kier alpha value is -3.53. The van der Waals surface area contributed by atoms with Gasteiger partial charge in [0, 0.05) is 29.8 Å². The summed E-state index contributed by atoms with van der Waals surface area (Å²) in [5.74, 6) is -1.49. The van der Waals surface area contributed by atoms with Crippen LogP contribution in [0.5, 0.6) is 0 Å². The van der Waals surface area contributed by atoms with Gasteiger partial charge in [-0.05, 0) is 36.4 Å². The Morgan fingerprint density at radius 3 is 2.58 bits per heavy atom. The minimum atomic E-state index is -2.88. The summed E-state index contributed by atoms with van der Waals surface area (Å²) in [7, 11) is 2.08. The van der Waals surface area contributed by atoms with E-state index < -0.39 is 18.1 Å². The topological polar surface area (TPSA) is 72.9 Å². The normalized spacial score (nSPS) is 13.8. The number of aromatic nitrogens is 5. The van der Waals surface area contributed by atoms with Crippen LogP contribution in [-0.2, 0) is 19.6 Å². The maximum atomic E-state index is 14.6. The minimum absolute atomic E-state index is 0.161. The average Bonchev–Trinajstić information content (AvgIpc) is 3.47. The van der Waals surface area contributed by atoms with Gasteiger partial charge in [-0.15, -0.1) is 15.3 Å². The van der Waals surface area contributed by atoms with Crippen LogP contribution < -0.4 is 0 Å². The molecule has 10 heteroatoms. The van der Waals surface area contributed by atoms with Gasteiger partial charge in [-0.1, -0.05) is 23.4 Å². The molecule has 0 fully saturated rings. The first-order chi connectivity index (χ1) is 15.0. The molecule has 0 aliphatic carbocycles. The van der Waals surface area contributed by atoms with Crippen molar-refractivity contribution in [1.82, 2.24) is 30.1 Å². The molecule has 0 amide bonds. The number of rotatable bonds is 5. The van der Waals surface area contributed by atoms with Gasteiger partial charge in [0.05, 0.1) is 12.7 Å². The zero-order valence-electron chi connectivity index (χ0n) is 16.5. The van der Waals surface area contributed by atoms with Crippen LogP contribution >= 0.6 is 0 Å². The fraction of sp³-hybridized carbons (Fsp3) is 0.238. The molecular formula is C21H17F3N6O. The second-order valence-corrected chi connectivity index (χ2v) is 7.51. The summed E-state index contributed by atoms with van der Waals surface area (Å²) in [6.45, 7) is 2.00. The van der Waals surface area contributed by atoms with Crippen molar-refractivity contribution in [3.63, 3.8) is 0 Å². The average molecular weight is 426 g/mol. The monoisotopic (exact) mass is 426 g/mol. The number of fused-ring (bicyclic) bond motifs is 1. The van der Waals surface area contributed by atoms with Crippen molar-refractivity contribution < 1.29 is 17.6 Å².